The summed E-state index contributed by atoms with van der Waals surface area (Å²) in [5, 5.41) is 8.83. The fraction of sp³-hybridized carbons (Fsp3) is 0.444. The van der Waals surface area contributed by atoms with Crippen molar-refractivity contribution in [1.29, 1.82) is 0 Å². The highest BCUT2D eigenvalue weighted by molar-refractivity contribution is 14.0. The van der Waals surface area contributed by atoms with Gasteiger partial charge in [0.15, 0.2) is 5.96 Å². The van der Waals surface area contributed by atoms with Crippen molar-refractivity contribution < 1.29 is 0 Å². The van der Waals surface area contributed by atoms with Crippen molar-refractivity contribution in [3.8, 4) is 0 Å². The Morgan fingerprint density at radius 2 is 2.04 bits per heavy atom. The van der Waals surface area contributed by atoms with E-state index in [4.69, 9.17) is 28.9 Å². The van der Waals surface area contributed by atoms with Crippen LogP contribution in [0, 0.1) is 13.8 Å². The van der Waals surface area contributed by atoms with Crippen LogP contribution < -0.4 is 11.1 Å². The minimum atomic E-state index is -0.0451. The number of hydrogen-bond acceptors (Lipinski definition) is 2. The summed E-state index contributed by atoms with van der Waals surface area (Å²) in [6.07, 6.45) is 1.87. The summed E-state index contributed by atoms with van der Waals surface area (Å²) in [5.41, 5.74) is 10.5. The largest absolute Gasteiger partial charge is 0.370 e. The number of rotatable bonds is 6. The van der Waals surface area contributed by atoms with Crippen molar-refractivity contribution in [2.75, 3.05) is 6.54 Å². The zero-order valence-electron chi connectivity index (χ0n) is 15.5. The van der Waals surface area contributed by atoms with Crippen LogP contribution in [0.3, 0.4) is 0 Å². The molecule has 1 unspecified atom stereocenters. The molecule has 2 rings (SSSR count). The molecular weight excluding hydrogens is 484 g/mol. The summed E-state index contributed by atoms with van der Waals surface area (Å²) < 4.78 is 1.92. The summed E-state index contributed by atoms with van der Waals surface area (Å²) in [5.74, 6) is 0.415. The second-order valence-electron chi connectivity index (χ2n) is 6.18. The number of aromatic nitrogens is 2. The van der Waals surface area contributed by atoms with Gasteiger partial charge in [0.1, 0.15) is 0 Å². The third kappa shape index (κ3) is 6.03. The first-order valence-electron chi connectivity index (χ1n) is 8.30. The molecular formula is C18H26Cl2IN5. The third-order valence-corrected chi connectivity index (χ3v) is 4.88. The number of nitrogens with two attached hydrogens (primary N) is 1. The van der Waals surface area contributed by atoms with E-state index in [0.717, 1.165) is 24.1 Å². The highest BCUT2D eigenvalue weighted by Gasteiger charge is 2.11. The van der Waals surface area contributed by atoms with Crippen molar-refractivity contribution in [2.45, 2.75) is 39.7 Å². The van der Waals surface area contributed by atoms with Crippen molar-refractivity contribution in [1.82, 2.24) is 15.1 Å². The number of nitrogens with zero attached hydrogens (tertiary/aromatic N) is 3. The normalized spacial score (nSPS) is 12.6. The van der Waals surface area contributed by atoms with Crippen molar-refractivity contribution in [2.24, 2.45) is 17.8 Å². The number of aryl methyl sites for hydroxylation is 2. The molecule has 8 heteroatoms. The number of guanidine groups is 1. The van der Waals surface area contributed by atoms with Gasteiger partial charge in [0, 0.05) is 29.3 Å². The molecule has 1 aromatic carbocycles. The molecule has 1 heterocycles. The number of nitrogens with one attached hydrogen (secondary N) is 1. The van der Waals surface area contributed by atoms with Gasteiger partial charge in [-0.2, -0.15) is 5.10 Å². The Morgan fingerprint density at radius 1 is 1.35 bits per heavy atom. The zero-order valence-corrected chi connectivity index (χ0v) is 19.4. The number of benzene rings is 1. The van der Waals surface area contributed by atoms with Crippen LogP contribution in [-0.4, -0.2) is 22.3 Å². The van der Waals surface area contributed by atoms with Gasteiger partial charge in [0.2, 0.25) is 0 Å². The number of aliphatic imine (C=N–C) groups is 1. The van der Waals surface area contributed by atoms with Gasteiger partial charge in [0.05, 0.1) is 11.7 Å². The summed E-state index contributed by atoms with van der Waals surface area (Å²) >= 11 is 12.1. The summed E-state index contributed by atoms with van der Waals surface area (Å²) in [4.78, 5) is 4.41. The van der Waals surface area contributed by atoms with Crippen LogP contribution in [0.1, 0.15) is 41.9 Å². The quantitative estimate of drug-likeness (QED) is 0.259. The first-order valence-corrected chi connectivity index (χ1v) is 9.05. The van der Waals surface area contributed by atoms with E-state index in [1.54, 1.807) is 6.07 Å². The second kappa shape index (κ2) is 10.4. The van der Waals surface area contributed by atoms with Crippen LogP contribution in [0.25, 0.3) is 0 Å². The molecule has 2 aromatic rings. The topological polar surface area (TPSA) is 68.2 Å². The predicted molar refractivity (Wildman–Crippen MR) is 121 cm³/mol. The van der Waals surface area contributed by atoms with Gasteiger partial charge in [-0.15, -0.1) is 24.0 Å². The zero-order chi connectivity index (χ0) is 18.6. The van der Waals surface area contributed by atoms with Crippen LogP contribution in [0.2, 0.25) is 10.0 Å². The van der Waals surface area contributed by atoms with Crippen LogP contribution in [-0.2, 0) is 13.5 Å². The lowest BCUT2D eigenvalue weighted by molar-refractivity contribution is 0.704. The van der Waals surface area contributed by atoms with Crippen LogP contribution in [0.5, 0.6) is 0 Å². The standard InChI is InChI=1S/C18H25Cl2N5.HI/c1-11(16-8-7-14(19)10-17(16)20)23-18(21)22-9-5-6-15-12(2)24-25(4)13(15)3;/h7-8,10-11H,5-6,9H2,1-4H3,(H3,21,22,23);1H. The Balaban J connectivity index is 0.00000338. The van der Waals surface area contributed by atoms with Gasteiger partial charge in [0.25, 0.3) is 0 Å². The lowest BCUT2D eigenvalue weighted by Crippen LogP contribution is -2.34. The van der Waals surface area contributed by atoms with E-state index in [9.17, 15) is 0 Å². The second-order valence-corrected chi connectivity index (χ2v) is 7.02. The van der Waals surface area contributed by atoms with Crippen molar-refractivity contribution in [3.63, 3.8) is 0 Å². The van der Waals surface area contributed by atoms with Crippen molar-refractivity contribution >= 4 is 53.1 Å². The Labute approximate surface area is 182 Å². The highest BCUT2D eigenvalue weighted by Crippen LogP contribution is 2.25. The lowest BCUT2D eigenvalue weighted by atomic mass is 10.1. The summed E-state index contributed by atoms with van der Waals surface area (Å²) in [7, 11) is 1.97. The molecule has 0 fully saturated rings. The molecule has 0 amide bonds. The fourth-order valence-electron chi connectivity index (χ4n) is 2.83. The predicted octanol–water partition coefficient (Wildman–Crippen LogP) is 4.56. The van der Waals surface area contributed by atoms with E-state index in [-0.39, 0.29) is 30.0 Å². The van der Waals surface area contributed by atoms with E-state index < -0.39 is 0 Å². The van der Waals surface area contributed by atoms with E-state index in [1.165, 1.54) is 11.3 Å². The molecule has 0 saturated carbocycles. The van der Waals surface area contributed by atoms with E-state index in [2.05, 4.69) is 22.3 Å². The molecule has 0 aliphatic carbocycles. The molecule has 1 aromatic heterocycles. The van der Waals surface area contributed by atoms with E-state index >= 15 is 0 Å². The Hall–Kier alpha value is -0.990. The van der Waals surface area contributed by atoms with Crippen LogP contribution in [0.15, 0.2) is 23.2 Å². The maximum Gasteiger partial charge on any atom is 0.189 e. The van der Waals surface area contributed by atoms with E-state index in [0.29, 0.717) is 22.5 Å². The van der Waals surface area contributed by atoms with Crippen molar-refractivity contribution in [3.05, 3.63) is 50.8 Å². The molecule has 0 saturated heterocycles. The SMILES string of the molecule is Cc1nn(C)c(C)c1CCCN=C(N)NC(C)c1ccc(Cl)cc1Cl.I. The average molecular weight is 510 g/mol. The molecule has 26 heavy (non-hydrogen) atoms. The fourth-order valence-corrected chi connectivity index (χ4v) is 3.40. The smallest absolute Gasteiger partial charge is 0.189 e. The van der Waals surface area contributed by atoms with Gasteiger partial charge >= 0.3 is 0 Å². The monoisotopic (exact) mass is 509 g/mol. The maximum absolute atomic E-state index is 6.22. The molecule has 0 bridgehead atoms. The van der Waals surface area contributed by atoms with Crippen LogP contribution >= 0.6 is 47.2 Å². The molecule has 0 aliphatic heterocycles. The van der Waals surface area contributed by atoms with Gasteiger partial charge in [-0.3, -0.25) is 9.67 Å². The molecule has 144 valence electrons. The Morgan fingerprint density at radius 3 is 2.62 bits per heavy atom. The molecule has 0 radical (unpaired) electrons. The van der Waals surface area contributed by atoms with Gasteiger partial charge in [-0.1, -0.05) is 29.3 Å². The summed E-state index contributed by atoms with van der Waals surface area (Å²) in [6.45, 7) is 6.78. The molecule has 0 spiro atoms. The highest BCUT2D eigenvalue weighted by atomic mass is 127. The Kier molecular flexibility index (Phi) is 9.19. The van der Waals surface area contributed by atoms with Gasteiger partial charge in [-0.25, -0.2) is 0 Å². The Bertz CT molecular complexity index is 773. The maximum atomic E-state index is 6.22. The van der Waals surface area contributed by atoms with E-state index in [1.807, 2.05) is 37.7 Å². The number of hydrogen-bond donors (Lipinski definition) is 2. The lowest BCUT2D eigenvalue weighted by Gasteiger charge is -2.16. The van der Waals surface area contributed by atoms with Crippen LogP contribution in [0.4, 0.5) is 0 Å². The minimum absolute atomic E-state index is 0. The molecule has 1 atom stereocenters. The van der Waals surface area contributed by atoms with Gasteiger partial charge in [-0.05, 0) is 56.9 Å². The average Bonchev–Trinajstić information content (AvgIpc) is 2.77. The molecule has 5 nitrogen and oxygen atoms in total. The van der Waals surface area contributed by atoms with Gasteiger partial charge < -0.3 is 11.1 Å². The first-order chi connectivity index (χ1) is 11.8. The molecule has 3 N–H and O–H groups in total. The molecule has 0 aliphatic rings. The summed E-state index contributed by atoms with van der Waals surface area (Å²) in [6, 6.07) is 5.38. The minimum Gasteiger partial charge on any atom is -0.370 e. The first kappa shape index (κ1) is 23.0. The third-order valence-electron chi connectivity index (χ3n) is 4.32. The number of halogens is 3.